The summed E-state index contributed by atoms with van der Waals surface area (Å²) in [6.07, 6.45) is 2.57. The van der Waals surface area contributed by atoms with Crippen molar-refractivity contribution in [2.75, 3.05) is 38.3 Å². The van der Waals surface area contributed by atoms with Gasteiger partial charge < -0.3 is 15.0 Å². The SMILES string of the molecule is COCCNCc1c(C)nn(C)c1N1CCCC(C)(C)C1. The second kappa shape index (κ2) is 6.79. The summed E-state index contributed by atoms with van der Waals surface area (Å²) in [6, 6.07) is 0. The maximum atomic E-state index is 5.10. The fourth-order valence-corrected chi connectivity index (χ4v) is 3.28. The maximum Gasteiger partial charge on any atom is 0.131 e. The van der Waals surface area contributed by atoms with Crippen LogP contribution < -0.4 is 10.2 Å². The largest absolute Gasteiger partial charge is 0.383 e. The van der Waals surface area contributed by atoms with Gasteiger partial charge in [0.25, 0.3) is 0 Å². The Bertz CT molecular complexity index is 467. The molecule has 21 heavy (non-hydrogen) atoms. The Morgan fingerprint density at radius 1 is 1.38 bits per heavy atom. The number of methoxy groups -OCH3 is 1. The van der Waals surface area contributed by atoms with E-state index in [1.165, 1.54) is 24.2 Å². The van der Waals surface area contributed by atoms with E-state index in [0.29, 0.717) is 5.41 Å². The number of rotatable bonds is 6. The van der Waals surface area contributed by atoms with Crippen molar-refractivity contribution in [3.05, 3.63) is 11.3 Å². The van der Waals surface area contributed by atoms with Crippen LogP contribution in [0.1, 0.15) is 37.9 Å². The second-order valence-corrected chi connectivity index (χ2v) is 6.87. The summed E-state index contributed by atoms with van der Waals surface area (Å²) in [5.41, 5.74) is 2.84. The normalized spacial score (nSPS) is 18.2. The van der Waals surface area contributed by atoms with E-state index in [9.17, 15) is 0 Å². The third kappa shape index (κ3) is 3.98. The van der Waals surface area contributed by atoms with Gasteiger partial charge in [0, 0.05) is 45.9 Å². The predicted molar refractivity (Wildman–Crippen MR) is 86.8 cm³/mol. The van der Waals surface area contributed by atoms with E-state index < -0.39 is 0 Å². The van der Waals surface area contributed by atoms with E-state index in [1.807, 2.05) is 4.68 Å². The molecule has 0 spiro atoms. The van der Waals surface area contributed by atoms with Gasteiger partial charge in [-0.05, 0) is 25.2 Å². The summed E-state index contributed by atoms with van der Waals surface area (Å²) < 4.78 is 7.14. The number of aromatic nitrogens is 2. The molecule has 1 aromatic rings. The van der Waals surface area contributed by atoms with Gasteiger partial charge in [-0.15, -0.1) is 0 Å². The molecule has 1 aliphatic rings. The standard InChI is InChI=1S/C16H30N4O/c1-13-14(11-17-8-10-21-5)15(19(4)18-13)20-9-6-7-16(2,3)12-20/h17H,6-12H2,1-5H3. The van der Waals surface area contributed by atoms with Gasteiger partial charge in [0.2, 0.25) is 0 Å². The number of ether oxygens (including phenoxy) is 1. The third-order valence-electron chi connectivity index (χ3n) is 4.30. The average molecular weight is 294 g/mol. The lowest BCUT2D eigenvalue weighted by atomic mass is 9.84. The molecule has 5 heteroatoms. The number of piperidine rings is 1. The molecule has 0 aliphatic carbocycles. The van der Waals surface area contributed by atoms with Crippen molar-refractivity contribution in [3.63, 3.8) is 0 Å². The topological polar surface area (TPSA) is 42.3 Å². The minimum Gasteiger partial charge on any atom is -0.383 e. The van der Waals surface area contributed by atoms with E-state index in [-0.39, 0.29) is 0 Å². The van der Waals surface area contributed by atoms with Crippen LogP contribution in [0.5, 0.6) is 0 Å². The third-order valence-corrected chi connectivity index (χ3v) is 4.30. The molecule has 2 heterocycles. The highest BCUT2D eigenvalue weighted by molar-refractivity contribution is 5.50. The fourth-order valence-electron chi connectivity index (χ4n) is 3.28. The van der Waals surface area contributed by atoms with E-state index in [4.69, 9.17) is 4.74 Å². The monoisotopic (exact) mass is 294 g/mol. The van der Waals surface area contributed by atoms with Gasteiger partial charge in [-0.3, -0.25) is 4.68 Å². The lowest BCUT2D eigenvalue weighted by Crippen LogP contribution is -2.41. The summed E-state index contributed by atoms with van der Waals surface area (Å²) in [4.78, 5) is 2.51. The lowest BCUT2D eigenvalue weighted by molar-refractivity contribution is 0.199. The summed E-state index contributed by atoms with van der Waals surface area (Å²) in [5, 5.41) is 8.09. The average Bonchev–Trinajstić information content (AvgIpc) is 2.68. The van der Waals surface area contributed by atoms with Gasteiger partial charge >= 0.3 is 0 Å². The fraction of sp³-hybridized carbons (Fsp3) is 0.812. The molecule has 1 fully saturated rings. The molecule has 5 nitrogen and oxygen atoms in total. The van der Waals surface area contributed by atoms with Crippen LogP contribution in [0.2, 0.25) is 0 Å². The number of nitrogens with one attached hydrogen (secondary N) is 1. The maximum absolute atomic E-state index is 5.10. The molecule has 1 saturated heterocycles. The number of hydrogen-bond donors (Lipinski definition) is 1. The van der Waals surface area contributed by atoms with Crippen LogP contribution in [0.15, 0.2) is 0 Å². The highest BCUT2D eigenvalue weighted by atomic mass is 16.5. The van der Waals surface area contributed by atoms with E-state index >= 15 is 0 Å². The molecular formula is C16H30N4O. The summed E-state index contributed by atoms with van der Waals surface area (Å²) >= 11 is 0. The van der Waals surface area contributed by atoms with Crippen molar-refractivity contribution in [1.29, 1.82) is 0 Å². The quantitative estimate of drug-likeness (QED) is 0.816. The Labute approximate surface area is 128 Å². The predicted octanol–water partition coefficient (Wildman–Crippen LogP) is 2.09. The number of aryl methyl sites for hydroxylation is 2. The number of hydrogen-bond acceptors (Lipinski definition) is 4. The van der Waals surface area contributed by atoms with E-state index in [0.717, 1.165) is 38.5 Å². The molecule has 0 bridgehead atoms. The molecule has 1 aromatic heterocycles. The first-order valence-corrected chi connectivity index (χ1v) is 7.92. The Hall–Kier alpha value is -1.07. The molecule has 0 aromatic carbocycles. The highest BCUT2D eigenvalue weighted by Crippen LogP contribution is 2.33. The number of nitrogens with zero attached hydrogens (tertiary/aromatic N) is 3. The van der Waals surface area contributed by atoms with Crippen molar-refractivity contribution in [1.82, 2.24) is 15.1 Å². The molecule has 0 unspecified atom stereocenters. The Morgan fingerprint density at radius 2 is 2.14 bits per heavy atom. The first kappa shape index (κ1) is 16.3. The zero-order chi connectivity index (χ0) is 15.5. The Balaban J connectivity index is 2.14. The van der Waals surface area contributed by atoms with Gasteiger partial charge in [0.05, 0.1) is 12.3 Å². The van der Waals surface area contributed by atoms with Crippen molar-refractivity contribution in [3.8, 4) is 0 Å². The van der Waals surface area contributed by atoms with Crippen molar-refractivity contribution in [2.24, 2.45) is 12.5 Å². The summed E-state index contributed by atoms with van der Waals surface area (Å²) in [5.74, 6) is 1.28. The van der Waals surface area contributed by atoms with Gasteiger partial charge in [-0.2, -0.15) is 5.10 Å². The minimum absolute atomic E-state index is 0.386. The Kier molecular flexibility index (Phi) is 5.27. The molecule has 0 amide bonds. The summed E-state index contributed by atoms with van der Waals surface area (Å²) in [6.45, 7) is 11.5. The molecule has 120 valence electrons. The molecule has 1 N–H and O–H groups in total. The first-order chi connectivity index (χ1) is 9.94. The van der Waals surface area contributed by atoms with Gasteiger partial charge in [0.15, 0.2) is 0 Å². The van der Waals surface area contributed by atoms with Crippen molar-refractivity contribution < 1.29 is 4.74 Å². The molecule has 0 atom stereocenters. The first-order valence-electron chi connectivity index (χ1n) is 7.92. The zero-order valence-electron chi connectivity index (χ0n) is 14.2. The lowest BCUT2D eigenvalue weighted by Gasteiger charge is -2.39. The molecular weight excluding hydrogens is 264 g/mol. The van der Waals surface area contributed by atoms with Crippen LogP contribution in [0.25, 0.3) is 0 Å². The van der Waals surface area contributed by atoms with Crippen LogP contribution in [-0.4, -0.2) is 43.1 Å². The van der Waals surface area contributed by atoms with Gasteiger partial charge in [-0.1, -0.05) is 13.8 Å². The second-order valence-electron chi connectivity index (χ2n) is 6.87. The van der Waals surface area contributed by atoms with Crippen LogP contribution in [0, 0.1) is 12.3 Å². The minimum atomic E-state index is 0.386. The Morgan fingerprint density at radius 3 is 2.81 bits per heavy atom. The van der Waals surface area contributed by atoms with E-state index in [2.05, 4.69) is 43.1 Å². The van der Waals surface area contributed by atoms with Crippen LogP contribution in [0.3, 0.4) is 0 Å². The molecule has 2 rings (SSSR count). The highest BCUT2D eigenvalue weighted by Gasteiger charge is 2.29. The summed E-state index contributed by atoms with van der Waals surface area (Å²) in [7, 11) is 3.79. The van der Waals surface area contributed by atoms with Gasteiger partial charge in [-0.25, -0.2) is 0 Å². The zero-order valence-corrected chi connectivity index (χ0v) is 14.2. The van der Waals surface area contributed by atoms with Gasteiger partial charge in [0.1, 0.15) is 5.82 Å². The number of anilines is 1. The van der Waals surface area contributed by atoms with Crippen molar-refractivity contribution >= 4 is 5.82 Å². The van der Waals surface area contributed by atoms with E-state index in [1.54, 1.807) is 7.11 Å². The molecule has 0 saturated carbocycles. The van der Waals surface area contributed by atoms with Crippen LogP contribution >= 0.6 is 0 Å². The molecule has 0 radical (unpaired) electrons. The molecule has 1 aliphatic heterocycles. The van der Waals surface area contributed by atoms with Crippen LogP contribution in [-0.2, 0) is 18.3 Å². The van der Waals surface area contributed by atoms with Crippen molar-refractivity contribution in [2.45, 2.75) is 40.2 Å². The smallest absolute Gasteiger partial charge is 0.131 e. The van der Waals surface area contributed by atoms with Crippen LogP contribution in [0.4, 0.5) is 5.82 Å².